The van der Waals surface area contributed by atoms with Crippen LogP contribution in [-0.2, 0) is 0 Å². The van der Waals surface area contributed by atoms with Crippen molar-refractivity contribution in [2.24, 2.45) is 22.5 Å². The molecule has 0 aromatic heterocycles. The maximum Gasteiger partial charge on any atom is 0.0499 e. The summed E-state index contributed by atoms with van der Waals surface area (Å²) in [4.78, 5) is 0. The molecule has 0 amide bonds. The van der Waals surface area contributed by atoms with Gasteiger partial charge < -0.3 is 10.8 Å². The predicted octanol–water partition coefficient (Wildman–Crippen LogP) is 2.55. The lowest BCUT2D eigenvalue weighted by molar-refractivity contribution is 0.0924. The van der Waals surface area contributed by atoms with E-state index in [0.717, 1.165) is 25.2 Å². The largest absolute Gasteiger partial charge is 0.396 e. The van der Waals surface area contributed by atoms with Crippen molar-refractivity contribution in [1.29, 1.82) is 0 Å². The molecule has 0 saturated heterocycles. The number of aliphatic hydroxyl groups excluding tert-OH is 1. The summed E-state index contributed by atoms with van der Waals surface area (Å²) in [5, 5.41) is 9.57. The quantitative estimate of drug-likeness (QED) is 0.712. The van der Waals surface area contributed by atoms with Gasteiger partial charge >= 0.3 is 0 Å². The van der Waals surface area contributed by atoms with Crippen molar-refractivity contribution >= 4 is 0 Å². The third-order valence-electron chi connectivity index (χ3n) is 3.59. The Kier molecular flexibility index (Phi) is 4.19. The lowest BCUT2D eigenvalue weighted by Gasteiger charge is -2.33. The molecule has 0 aliphatic heterocycles. The highest BCUT2D eigenvalue weighted by molar-refractivity contribution is 4.88. The minimum atomic E-state index is 0.00838. The topological polar surface area (TPSA) is 46.2 Å². The van der Waals surface area contributed by atoms with Crippen molar-refractivity contribution in [1.82, 2.24) is 0 Å². The molecule has 2 heteroatoms. The van der Waals surface area contributed by atoms with E-state index in [0.29, 0.717) is 12.0 Å². The number of hydrogen-bond donors (Lipinski definition) is 2. The molecule has 2 nitrogen and oxygen atoms in total. The van der Waals surface area contributed by atoms with Crippen LogP contribution in [0.25, 0.3) is 0 Å². The van der Waals surface area contributed by atoms with Gasteiger partial charge in [-0.3, -0.25) is 0 Å². The molecule has 1 atom stereocenters. The highest BCUT2D eigenvalue weighted by Gasteiger charge is 2.36. The van der Waals surface area contributed by atoms with Crippen molar-refractivity contribution in [2.75, 3.05) is 13.2 Å². The maximum atomic E-state index is 9.57. The molecule has 0 aromatic carbocycles. The Hall–Kier alpha value is -0.0800. The summed E-state index contributed by atoms with van der Waals surface area (Å²) in [6.45, 7) is 7.65. The first-order valence-corrected chi connectivity index (χ1v) is 6.22. The maximum absolute atomic E-state index is 9.57. The minimum Gasteiger partial charge on any atom is -0.396 e. The van der Waals surface area contributed by atoms with Gasteiger partial charge in [-0.2, -0.15) is 0 Å². The van der Waals surface area contributed by atoms with E-state index in [2.05, 4.69) is 20.8 Å². The number of rotatable bonds is 6. The zero-order valence-electron chi connectivity index (χ0n) is 10.6. The third-order valence-corrected chi connectivity index (χ3v) is 3.59. The predicted molar refractivity (Wildman–Crippen MR) is 64.6 cm³/mol. The molecule has 90 valence electrons. The molecule has 0 radical (unpaired) electrons. The Labute approximate surface area is 94.2 Å². The summed E-state index contributed by atoms with van der Waals surface area (Å²) in [7, 11) is 0. The van der Waals surface area contributed by atoms with Crippen molar-refractivity contribution in [3.8, 4) is 0 Å². The second-order valence-electron chi connectivity index (χ2n) is 6.57. The van der Waals surface area contributed by atoms with Crippen LogP contribution in [0.3, 0.4) is 0 Å². The van der Waals surface area contributed by atoms with Gasteiger partial charge in [0.15, 0.2) is 0 Å². The van der Waals surface area contributed by atoms with Crippen molar-refractivity contribution in [3.05, 3.63) is 0 Å². The normalized spacial score (nSPS) is 21.4. The van der Waals surface area contributed by atoms with Gasteiger partial charge in [-0.15, -0.1) is 0 Å². The highest BCUT2D eigenvalue weighted by Crippen LogP contribution is 2.43. The molecule has 1 aliphatic carbocycles. The molecule has 1 fully saturated rings. The van der Waals surface area contributed by atoms with E-state index in [-0.39, 0.29) is 12.0 Å². The van der Waals surface area contributed by atoms with Gasteiger partial charge in [0.1, 0.15) is 0 Å². The van der Waals surface area contributed by atoms with Gasteiger partial charge in [-0.1, -0.05) is 33.6 Å². The fourth-order valence-corrected chi connectivity index (χ4v) is 2.07. The van der Waals surface area contributed by atoms with Gasteiger partial charge in [-0.25, -0.2) is 0 Å². The molecule has 3 N–H and O–H groups in total. The molecule has 0 heterocycles. The Morgan fingerprint density at radius 2 is 1.80 bits per heavy atom. The standard InChI is InChI=1S/C13H27NO/c1-12(2,3)6-7-13(9-14,10-15)8-11-4-5-11/h11,15H,4-10,14H2,1-3H3. The summed E-state index contributed by atoms with van der Waals surface area (Å²) in [5.74, 6) is 0.848. The van der Waals surface area contributed by atoms with Crippen LogP contribution in [0.5, 0.6) is 0 Å². The number of aliphatic hydroxyl groups is 1. The Morgan fingerprint density at radius 3 is 2.13 bits per heavy atom. The second-order valence-corrected chi connectivity index (χ2v) is 6.57. The lowest BCUT2D eigenvalue weighted by atomic mass is 9.75. The number of nitrogens with two attached hydrogens (primary N) is 1. The van der Waals surface area contributed by atoms with Crippen LogP contribution in [0.1, 0.15) is 52.9 Å². The monoisotopic (exact) mass is 213 g/mol. The van der Waals surface area contributed by atoms with Crippen LogP contribution in [0.2, 0.25) is 0 Å². The molecule has 0 spiro atoms. The fourth-order valence-electron chi connectivity index (χ4n) is 2.07. The van der Waals surface area contributed by atoms with E-state index in [1.165, 1.54) is 12.8 Å². The molecular formula is C13H27NO. The Balaban J connectivity index is 2.46. The van der Waals surface area contributed by atoms with E-state index in [1.807, 2.05) is 0 Å². The highest BCUT2D eigenvalue weighted by atomic mass is 16.3. The van der Waals surface area contributed by atoms with E-state index in [9.17, 15) is 5.11 Å². The van der Waals surface area contributed by atoms with Gasteiger partial charge in [-0.05, 0) is 30.6 Å². The smallest absolute Gasteiger partial charge is 0.0499 e. The average molecular weight is 213 g/mol. The van der Waals surface area contributed by atoms with Gasteiger partial charge in [0.25, 0.3) is 0 Å². The van der Waals surface area contributed by atoms with E-state index < -0.39 is 0 Å². The Bertz CT molecular complexity index is 187. The molecule has 0 bridgehead atoms. The zero-order valence-corrected chi connectivity index (χ0v) is 10.6. The summed E-state index contributed by atoms with van der Waals surface area (Å²) in [5.41, 5.74) is 6.22. The molecule has 15 heavy (non-hydrogen) atoms. The molecular weight excluding hydrogens is 186 g/mol. The Morgan fingerprint density at radius 1 is 1.20 bits per heavy atom. The van der Waals surface area contributed by atoms with Crippen LogP contribution in [0.4, 0.5) is 0 Å². The van der Waals surface area contributed by atoms with Crippen LogP contribution in [0.15, 0.2) is 0 Å². The van der Waals surface area contributed by atoms with Crippen molar-refractivity contribution in [3.63, 3.8) is 0 Å². The SMILES string of the molecule is CC(C)(C)CCC(CN)(CO)CC1CC1. The molecule has 1 aliphatic rings. The first kappa shape index (κ1) is 13.0. The average Bonchev–Trinajstić information content (AvgIpc) is 2.95. The van der Waals surface area contributed by atoms with Gasteiger partial charge in [0, 0.05) is 18.6 Å². The third kappa shape index (κ3) is 4.52. The summed E-state index contributed by atoms with van der Waals surface area (Å²) >= 11 is 0. The van der Waals surface area contributed by atoms with Gasteiger partial charge in [0.05, 0.1) is 0 Å². The zero-order chi connectivity index (χ0) is 11.5. The summed E-state index contributed by atoms with van der Waals surface area (Å²) in [6, 6.07) is 0. The summed E-state index contributed by atoms with van der Waals surface area (Å²) < 4.78 is 0. The van der Waals surface area contributed by atoms with Gasteiger partial charge in [0.2, 0.25) is 0 Å². The van der Waals surface area contributed by atoms with Crippen molar-refractivity contribution < 1.29 is 5.11 Å². The first-order valence-electron chi connectivity index (χ1n) is 6.22. The summed E-state index contributed by atoms with van der Waals surface area (Å²) in [6.07, 6.45) is 6.04. The molecule has 1 unspecified atom stereocenters. The first-order chi connectivity index (χ1) is 6.91. The lowest BCUT2D eigenvalue weighted by Crippen LogP contribution is -2.35. The van der Waals surface area contributed by atoms with Crippen LogP contribution >= 0.6 is 0 Å². The van der Waals surface area contributed by atoms with E-state index in [4.69, 9.17) is 5.73 Å². The van der Waals surface area contributed by atoms with Crippen molar-refractivity contribution in [2.45, 2.75) is 52.9 Å². The van der Waals surface area contributed by atoms with Crippen LogP contribution in [0, 0.1) is 16.7 Å². The fraction of sp³-hybridized carbons (Fsp3) is 1.00. The van der Waals surface area contributed by atoms with Crippen LogP contribution < -0.4 is 5.73 Å². The van der Waals surface area contributed by atoms with Crippen LogP contribution in [-0.4, -0.2) is 18.3 Å². The molecule has 0 aromatic rings. The minimum absolute atomic E-state index is 0.00838. The number of hydrogen-bond acceptors (Lipinski definition) is 2. The second kappa shape index (κ2) is 4.84. The molecule has 1 saturated carbocycles. The van der Waals surface area contributed by atoms with E-state index >= 15 is 0 Å². The van der Waals surface area contributed by atoms with E-state index in [1.54, 1.807) is 0 Å². The molecule has 1 rings (SSSR count).